The predicted molar refractivity (Wildman–Crippen MR) is 45.5 cm³/mol. The molecule has 0 unspecified atom stereocenters. The zero-order valence-electron chi connectivity index (χ0n) is 7.95. The highest BCUT2D eigenvalue weighted by Crippen LogP contribution is 2.23. The van der Waals surface area contributed by atoms with Crippen LogP contribution in [0.2, 0.25) is 0 Å². The largest absolute Gasteiger partial charge is 0.524 e. The van der Waals surface area contributed by atoms with Crippen molar-refractivity contribution >= 4 is 16.1 Å². The van der Waals surface area contributed by atoms with Crippen molar-refractivity contribution in [1.29, 1.82) is 0 Å². The van der Waals surface area contributed by atoms with Gasteiger partial charge in [0, 0.05) is 13.0 Å². The van der Waals surface area contributed by atoms with E-state index >= 15 is 0 Å². The monoisotopic (exact) mass is 265 g/mol. The van der Waals surface area contributed by atoms with Crippen LogP contribution in [-0.2, 0) is 19.2 Å². The zero-order valence-corrected chi connectivity index (χ0v) is 8.77. The van der Waals surface area contributed by atoms with E-state index in [1.807, 2.05) is 0 Å². The SMILES string of the molecule is O=C(O)CCCCNOS(=O)(=O)C(F)(F)F. The second-order valence-electron chi connectivity index (χ2n) is 2.73. The highest BCUT2D eigenvalue weighted by atomic mass is 32.2. The summed E-state index contributed by atoms with van der Waals surface area (Å²) in [5.41, 5.74) is -3.87. The molecule has 16 heavy (non-hydrogen) atoms. The molecule has 0 radical (unpaired) electrons. The molecule has 0 aliphatic rings. The number of unbranched alkanes of at least 4 members (excludes halogenated alkanes) is 1. The molecule has 0 saturated carbocycles. The van der Waals surface area contributed by atoms with Crippen LogP contribution in [0.15, 0.2) is 0 Å². The number of halogens is 3. The van der Waals surface area contributed by atoms with Crippen LogP contribution in [0.5, 0.6) is 0 Å². The molecule has 0 bridgehead atoms. The molecule has 96 valence electrons. The number of carboxylic acids is 1. The van der Waals surface area contributed by atoms with Gasteiger partial charge >= 0.3 is 21.6 Å². The summed E-state index contributed by atoms with van der Waals surface area (Å²) in [6.45, 7) is -0.192. The smallest absolute Gasteiger partial charge is 0.481 e. The predicted octanol–water partition coefficient (Wildman–Crippen LogP) is 0.612. The van der Waals surface area contributed by atoms with E-state index in [4.69, 9.17) is 5.11 Å². The van der Waals surface area contributed by atoms with Gasteiger partial charge in [-0.15, -0.1) is 0 Å². The Morgan fingerprint density at radius 3 is 2.31 bits per heavy atom. The summed E-state index contributed by atoms with van der Waals surface area (Å²) in [4.78, 5) is 10.0. The molecule has 0 aromatic carbocycles. The van der Waals surface area contributed by atoms with Gasteiger partial charge in [0.15, 0.2) is 0 Å². The molecule has 0 aliphatic carbocycles. The molecule has 0 aromatic rings. The Hall–Kier alpha value is -0.870. The molecule has 0 heterocycles. The lowest BCUT2D eigenvalue weighted by Gasteiger charge is -2.08. The van der Waals surface area contributed by atoms with Crippen molar-refractivity contribution in [2.45, 2.75) is 24.8 Å². The second kappa shape index (κ2) is 6.01. The first kappa shape index (κ1) is 15.1. The fraction of sp³-hybridized carbons (Fsp3) is 0.833. The van der Waals surface area contributed by atoms with Gasteiger partial charge in [0.2, 0.25) is 0 Å². The van der Waals surface area contributed by atoms with Gasteiger partial charge in [0.1, 0.15) is 0 Å². The maximum absolute atomic E-state index is 11.7. The number of aliphatic carboxylic acids is 1. The molecule has 0 amide bonds. The topological polar surface area (TPSA) is 92.7 Å². The molecule has 0 fully saturated rings. The van der Waals surface area contributed by atoms with E-state index in [9.17, 15) is 26.4 Å². The van der Waals surface area contributed by atoms with E-state index in [0.717, 1.165) is 0 Å². The molecule has 0 atom stereocenters. The summed E-state index contributed by atoms with van der Waals surface area (Å²) in [7, 11) is -5.63. The van der Waals surface area contributed by atoms with Gasteiger partial charge < -0.3 is 5.11 Å². The third-order valence-corrected chi connectivity index (χ3v) is 2.28. The molecule has 0 spiro atoms. The number of rotatable bonds is 7. The number of carboxylic acid groups (broad SMARTS) is 1. The number of alkyl halides is 3. The van der Waals surface area contributed by atoms with Gasteiger partial charge in [0.05, 0.1) is 0 Å². The first-order valence-electron chi connectivity index (χ1n) is 4.11. The second-order valence-corrected chi connectivity index (χ2v) is 4.27. The molecule has 0 saturated heterocycles. The lowest BCUT2D eigenvalue weighted by molar-refractivity contribution is -0.137. The van der Waals surface area contributed by atoms with Gasteiger partial charge in [0.25, 0.3) is 0 Å². The molecule has 0 aliphatic heterocycles. The van der Waals surface area contributed by atoms with Gasteiger partial charge in [-0.1, -0.05) is 0 Å². The van der Waals surface area contributed by atoms with Crippen LogP contribution in [0.1, 0.15) is 19.3 Å². The lowest BCUT2D eigenvalue weighted by atomic mass is 10.2. The van der Waals surface area contributed by atoms with Crippen molar-refractivity contribution in [3.63, 3.8) is 0 Å². The minimum atomic E-state index is -5.63. The summed E-state index contributed by atoms with van der Waals surface area (Å²) in [6.07, 6.45) is 0.241. The molecular formula is C6H10F3NO5S. The number of carbonyl (C=O) groups is 1. The van der Waals surface area contributed by atoms with Gasteiger partial charge in [-0.2, -0.15) is 31.4 Å². The number of hydrogen-bond donors (Lipinski definition) is 2. The summed E-state index contributed by atoms with van der Waals surface area (Å²) < 4.78 is 59.1. The fourth-order valence-electron chi connectivity index (χ4n) is 0.640. The molecule has 6 nitrogen and oxygen atoms in total. The van der Waals surface area contributed by atoms with Crippen LogP contribution in [0.3, 0.4) is 0 Å². The maximum atomic E-state index is 11.7. The molecular weight excluding hydrogens is 255 g/mol. The maximum Gasteiger partial charge on any atom is 0.524 e. The Balaban J connectivity index is 3.72. The summed E-state index contributed by atoms with van der Waals surface area (Å²) >= 11 is 0. The Kier molecular flexibility index (Phi) is 5.68. The minimum Gasteiger partial charge on any atom is -0.481 e. The summed E-state index contributed by atoms with van der Waals surface area (Å²) in [5, 5.41) is 8.21. The van der Waals surface area contributed by atoms with Gasteiger partial charge in [-0.3, -0.25) is 4.79 Å². The fourth-order valence-corrected chi connectivity index (χ4v) is 0.973. The van der Waals surface area contributed by atoms with Crippen molar-refractivity contribution in [3.8, 4) is 0 Å². The Morgan fingerprint density at radius 1 is 1.31 bits per heavy atom. The average molecular weight is 265 g/mol. The average Bonchev–Trinajstić information content (AvgIpc) is 2.08. The highest BCUT2D eigenvalue weighted by molar-refractivity contribution is 7.87. The normalized spacial score (nSPS) is 12.7. The van der Waals surface area contributed by atoms with E-state index in [1.165, 1.54) is 0 Å². The van der Waals surface area contributed by atoms with Crippen LogP contribution >= 0.6 is 0 Å². The zero-order chi connectivity index (χ0) is 12.8. The standard InChI is InChI=1S/C6H10F3NO5S/c7-6(8,9)16(13,14)15-10-4-2-1-3-5(11)12/h10H,1-4H2,(H,11,12). The van der Waals surface area contributed by atoms with Crippen molar-refractivity contribution in [2.24, 2.45) is 0 Å². The lowest BCUT2D eigenvalue weighted by Crippen LogP contribution is -2.31. The Labute approximate surface area is 89.5 Å². The summed E-state index contributed by atoms with van der Waals surface area (Å²) in [5.74, 6) is -1.04. The van der Waals surface area contributed by atoms with Gasteiger partial charge in [-0.05, 0) is 12.8 Å². The molecule has 10 heteroatoms. The van der Waals surface area contributed by atoms with Crippen LogP contribution < -0.4 is 5.48 Å². The van der Waals surface area contributed by atoms with E-state index < -0.39 is 21.6 Å². The number of nitrogens with one attached hydrogen (secondary N) is 1. The molecule has 2 N–H and O–H groups in total. The first-order chi connectivity index (χ1) is 7.17. The van der Waals surface area contributed by atoms with Crippen molar-refractivity contribution in [3.05, 3.63) is 0 Å². The van der Waals surface area contributed by atoms with Crippen molar-refractivity contribution in [2.75, 3.05) is 6.54 Å². The first-order valence-corrected chi connectivity index (χ1v) is 5.52. The van der Waals surface area contributed by atoms with Gasteiger partial charge in [-0.25, -0.2) is 0 Å². The third kappa shape index (κ3) is 5.88. The van der Waals surface area contributed by atoms with Crippen LogP contribution in [0.25, 0.3) is 0 Å². The quantitative estimate of drug-likeness (QED) is 0.398. The van der Waals surface area contributed by atoms with Crippen LogP contribution in [0.4, 0.5) is 13.2 Å². The van der Waals surface area contributed by atoms with E-state index in [2.05, 4.69) is 4.28 Å². The summed E-state index contributed by atoms with van der Waals surface area (Å²) in [6, 6.07) is 0. The minimum absolute atomic E-state index is 0.145. The Morgan fingerprint density at radius 2 is 1.88 bits per heavy atom. The van der Waals surface area contributed by atoms with E-state index in [1.54, 1.807) is 5.48 Å². The van der Waals surface area contributed by atoms with E-state index in [-0.39, 0.29) is 25.8 Å². The highest BCUT2D eigenvalue weighted by Gasteiger charge is 2.47. The number of hydrogen-bond acceptors (Lipinski definition) is 5. The Bertz CT molecular complexity index is 326. The molecule has 0 rings (SSSR count). The van der Waals surface area contributed by atoms with Crippen LogP contribution in [-0.4, -0.2) is 31.5 Å². The molecule has 0 aromatic heterocycles. The number of hydroxylamine groups is 1. The van der Waals surface area contributed by atoms with Crippen molar-refractivity contribution in [1.82, 2.24) is 5.48 Å². The van der Waals surface area contributed by atoms with Crippen molar-refractivity contribution < 1.29 is 35.8 Å². The van der Waals surface area contributed by atoms with Crippen LogP contribution in [0, 0.1) is 0 Å². The third-order valence-electron chi connectivity index (χ3n) is 1.37. The van der Waals surface area contributed by atoms with E-state index in [0.29, 0.717) is 0 Å².